The molecule has 2 aromatic carbocycles. The summed E-state index contributed by atoms with van der Waals surface area (Å²) in [6, 6.07) is 12.9. The number of imide groups is 1. The molecule has 0 saturated carbocycles. The number of hydrogen-bond donors (Lipinski definition) is 0. The van der Waals surface area contributed by atoms with Gasteiger partial charge in [0.25, 0.3) is 11.6 Å². The van der Waals surface area contributed by atoms with Gasteiger partial charge in [-0.05, 0) is 36.8 Å². The first-order valence-corrected chi connectivity index (χ1v) is 8.34. The number of hydrogen-bond acceptors (Lipinski definition) is 6. The first-order chi connectivity index (χ1) is 12.9. The summed E-state index contributed by atoms with van der Waals surface area (Å²) in [5, 5.41) is 14.8. The van der Waals surface area contributed by atoms with Crippen LogP contribution in [0, 0.1) is 17.0 Å². The summed E-state index contributed by atoms with van der Waals surface area (Å²) in [4.78, 5) is 42.3. The lowest BCUT2D eigenvalue weighted by atomic mass is 9.92. The van der Waals surface area contributed by atoms with Crippen molar-refractivity contribution in [3.63, 3.8) is 0 Å². The molecule has 1 atom stereocenters. The van der Waals surface area contributed by atoms with Gasteiger partial charge in [0.2, 0.25) is 11.5 Å². The number of non-ortho nitro benzene ring substituents is 1. The van der Waals surface area contributed by atoms with E-state index in [1.807, 2.05) is 19.1 Å². The lowest BCUT2D eigenvalue weighted by Crippen LogP contribution is -2.40. The highest BCUT2D eigenvalue weighted by Gasteiger charge is 2.58. The first-order valence-electron chi connectivity index (χ1n) is 8.34. The van der Waals surface area contributed by atoms with Crippen molar-refractivity contribution in [2.75, 3.05) is 4.90 Å². The summed E-state index contributed by atoms with van der Waals surface area (Å²) < 4.78 is 0. The second-order valence-corrected chi connectivity index (χ2v) is 6.65. The maximum Gasteiger partial charge on any atom is 0.281 e. The van der Waals surface area contributed by atoms with Gasteiger partial charge >= 0.3 is 0 Å². The molecule has 1 fully saturated rings. The molecule has 0 bridgehead atoms. The van der Waals surface area contributed by atoms with E-state index in [0.29, 0.717) is 17.0 Å². The topological polar surface area (TPSA) is 102 Å². The van der Waals surface area contributed by atoms with Crippen LogP contribution in [0.3, 0.4) is 0 Å². The van der Waals surface area contributed by atoms with Gasteiger partial charge in [-0.25, -0.2) is 4.90 Å². The Morgan fingerprint density at radius 2 is 1.74 bits per heavy atom. The number of oxime groups is 1. The van der Waals surface area contributed by atoms with Crippen molar-refractivity contribution in [1.29, 1.82) is 0 Å². The molecular weight excluding hydrogens is 350 g/mol. The van der Waals surface area contributed by atoms with E-state index >= 15 is 0 Å². The van der Waals surface area contributed by atoms with Crippen LogP contribution in [0.1, 0.15) is 24.0 Å². The molecule has 2 aliphatic rings. The van der Waals surface area contributed by atoms with Crippen LogP contribution in [0.4, 0.5) is 11.4 Å². The minimum absolute atomic E-state index is 0.0364. The fraction of sp³-hybridized carbons (Fsp3) is 0.211. The SMILES string of the molecule is Cc1ccc(N2C(=O)CC3(CC(c4ccc([N+](=O)[O-])cc4)=NO3)C2=O)cc1. The zero-order valence-corrected chi connectivity index (χ0v) is 14.4. The Balaban J connectivity index is 1.57. The number of nitrogens with zero attached hydrogens (tertiary/aromatic N) is 3. The third kappa shape index (κ3) is 2.75. The fourth-order valence-electron chi connectivity index (χ4n) is 3.29. The lowest BCUT2D eigenvalue weighted by Gasteiger charge is -2.19. The molecule has 8 nitrogen and oxygen atoms in total. The van der Waals surface area contributed by atoms with E-state index in [1.54, 1.807) is 24.3 Å². The Morgan fingerprint density at radius 1 is 1.07 bits per heavy atom. The number of carbonyl (C=O) groups is 2. The Hall–Kier alpha value is -3.55. The van der Waals surface area contributed by atoms with Crippen molar-refractivity contribution in [3.8, 4) is 0 Å². The minimum Gasteiger partial charge on any atom is -0.378 e. The molecule has 0 aliphatic carbocycles. The second kappa shape index (κ2) is 6.01. The summed E-state index contributed by atoms with van der Waals surface area (Å²) in [6.45, 7) is 1.92. The van der Waals surface area contributed by atoms with Crippen LogP contribution in [0.5, 0.6) is 0 Å². The van der Waals surface area contributed by atoms with Gasteiger partial charge in [-0.2, -0.15) is 0 Å². The number of nitro groups is 1. The maximum atomic E-state index is 13.0. The van der Waals surface area contributed by atoms with Crippen LogP contribution < -0.4 is 4.90 Å². The molecule has 1 saturated heterocycles. The Kier molecular flexibility index (Phi) is 3.76. The average molecular weight is 365 g/mol. The first kappa shape index (κ1) is 16.9. The summed E-state index contributed by atoms with van der Waals surface area (Å²) in [7, 11) is 0. The maximum absolute atomic E-state index is 13.0. The van der Waals surface area contributed by atoms with Crippen molar-refractivity contribution >= 4 is 28.9 Å². The molecule has 2 aliphatic heterocycles. The van der Waals surface area contributed by atoms with Gasteiger partial charge < -0.3 is 4.84 Å². The van der Waals surface area contributed by atoms with E-state index in [2.05, 4.69) is 5.16 Å². The molecule has 136 valence electrons. The number of amides is 2. The summed E-state index contributed by atoms with van der Waals surface area (Å²) in [6.07, 6.45) is 0.0391. The Labute approximate surface area is 154 Å². The van der Waals surface area contributed by atoms with Crippen LogP contribution in [-0.2, 0) is 14.4 Å². The van der Waals surface area contributed by atoms with Crippen molar-refractivity contribution in [2.45, 2.75) is 25.4 Å². The normalized spacial score (nSPS) is 21.5. The van der Waals surface area contributed by atoms with E-state index in [1.165, 1.54) is 12.1 Å². The molecular formula is C19H15N3O5. The number of aryl methyl sites for hydroxylation is 1. The quantitative estimate of drug-likeness (QED) is 0.473. The van der Waals surface area contributed by atoms with Gasteiger partial charge in [0.1, 0.15) is 0 Å². The van der Waals surface area contributed by atoms with E-state index in [0.717, 1.165) is 10.5 Å². The van der Waals surface area contributed by atoms with Gasteiger partial charge in [-0.3, -0.25) is 19.7 Å². The number of rotatable bonds is 3. The number of benzene rings is 2. The zero-order chi connectivity index (χ0) is 19.2. The van der Waals surface area contributed by atoms with Crippen molar-refractivity contribution in [2.24, 2.45) is 5.16 Å². The summed E-state index contributed by atoms with van der Waals surface area (Å²) in [5.74, 6) is -0.791. The molecule has 8 heteroatoms. The molecule has 0 N–H and O–H groups in total. The number of nitro benzene ring substituents is 1. The van der Waals surface area contributed by atoms with Crippen LogP contribution >= 0.6 is 0 Å². The number of anilines is 1. The minimum atomic E-state index is -1.35. The van der Waals surface area contributed by atoms with Crippen LogP contribution in [0.25, 0.3) is 0 Å². The van der Waals surface area contributed by atoms with E-state index in [4.69, 9.17) is 4.84 Å². The molecule has 2 amide bonds. The smallest absolute Gasteiger partial charge is 0.281 e. The van der Waals surface area contributed by atoms with E-state index < -0.39 is 16.4 Å². The Bertz CT molecular complexity index is 981. The highest BCUT2D eigenvalue weighted by Crippen LogP contribution is 2.39. The van der Waals surface area contributed by atoms with E-state index in [9.17, 15) is 19.7 Å². The molecule has 1 spiro atoms. The molecule has 27 heavy (non-hydrogen) atoms. The predicted octanol–water partition coefficient (Wildman–Crippen LogP) is 2.73. The highest BCUT2D eigenvalue weighted by atomic mass is 16.7. The fourth-order valence-corrected chi connectivity index (χ4v) is 3.29. The van der Waals surface area contributed by atoms with E-state index in [-0.39, 0.29) is 24.4 Å². The van der Waals surface area contributed by atoms with Crippen LogP contribution in [-0.4, -0.2) is 28.1 Å². The largest absolute Gasteiger partial charge is 0.378 e. The summed E-state index contributed by atoms with van der Waals surface area (Å²) in [5.41, 5.74) is 1.24. The zero-order valence-electron chi connectivity index (χ0n) is 14.4. The third-order valence-electron chi connectivity index (χ3n) is 4.77. The molecule has 0 radical (unpaired) electrons. The molecule has 4 rings (SSSR count). The van der Waals surface area contributed by atoms with Gasteiger partial charge in [0, 0.05) is 18.6 Å². The summed E-state index contributed by atoms with van der Waals surface area (Å²) >= 11 is 0. The average Bonchev–Trinajstić information content (AvgIpc) is 3.18. The van der Waals surface area contributed by atoms with Crippen molar-refractivity contribution in [1.82, 2.24) is 0 Å². The number of carbonyl (C=O) groups excluding carboxylic acids is 2. The molecule has 0 aromatic heterocycles. The third-order valence-corrected chi connectivity index (χ3v) is 4.77. The molecule has 2 aromatic rings. The van der Waals surface area contributed by atoms with Gasteiger partial charge in [-0.1, -0.05) is 22.9 Å². The molecule has 2 heterocycles. The molecule has 1 unspecified atom stereocenters. The Morgan fingerprint density at radius 3 is 2.37 bits per heavy atom. The van der Waals surface area contributed by atoms with Gasteiger partial charge in [-0.15, -0.1) is 0 Å². The van der Waals surface area contributed by atoms with Crippen LogP contribution in [0.2, 0.25) is 0 Å². The van der Waals surface area contributed by atoms with Gasteiger partial charge in [0.15, 0.2) is 0 Å². The standard InChI is InChI=1S/C19H15N3O5/c1-12-2-6-14(7-3-12)21-17(23)11-19(18(21)24)10-16(20-27-19)13-4-8-15(9-5-13)22(25)26/h2-9H,10-11H2,1H3. The van der Waals surface area contributed by atoms with Crippen molar-refractivity contribution < 1.29 is 19.3 Å². The predicted molar refractivity (Wildman–Crippen MR) is 96.4 cm³/mol. The highest BCUT2D eigenvalue weighted by molar-refractivity contribution is 6.25. The lowest BCUT2D eigenvalue weighted by molar-refractivity contribution is -0.384. The van der Waals surface area contributed by atoms with Crippen LogP contribution in [0.15, 0.2) is 53.7 Å². The van der Waals surface area contributed by atoms with Gasteiger partial charge in [0.05, 0.1) is 22.7 Å². The van der Waals surface area contributed by atoms with Crippen molar-refractivity contribution in [3.05, 3.63) is 69.8 Å². The second-order valence-electron chi connectivity index (χ2n) is 6.65. The monoisotopic (exact) mass is 365 g/mol.